The van der Waals surface area contributed by atoms with Gasteiger partial charge in [0.15, 0.2) is 0 Å². The Morgan fingerprint density at radius 3 is 1.71 bits per heavy atom. The Morgan fingerprint density at radius 2 is 1.14 bits per heavy atom. The minimum Gasteiger partial charge on any atom is -0.320 e. The van der Waals surface area contributed by atoms with Crippen LogP contribution in [0.2, 0.25) is 0 Å². The molecule has 3 N–H and O–H groups in total. The van der Waals surface area contributed by atoms with Crippen molar-refractivity contribution < 1.29 is 0 Å². The molecule has 0 aliphatic carbocycles. The van der Waals surface area contributed by atoms with E-state index >= 15 is 0 Å². The average molecular weight is 400 g/mol. The van der Waals surface area contributed by atoms with E-state index in [1.54, 1.807) is 0 Å². The number of halogens is 1. The molecule has 3 aromatic carbocycles. The largest absolute Gasteiger partial charge is 0.320 e. The number of unbranched alkanes of at least 4 members (excludes halogenated alkanes) is 2. The lowest BCUT2D eigenvalue weighted by atomic mass is 9.97. The minimum atomic E-state index is 0. The minimum absolute atomic E-state index is 0. The SMILES string of the molecule is CNCCCCNCCCCNCc1c2ccccc2cc2ccccc12.Cl. The summed E-state index contributed by atoms with van der Waals surface area (Å²) < 4.78 is 0. The number of hydrogen-bond acceptors (Lipinski definition) is 3. The van der Waals surface area contributed by atoms with Gasteiger partial charge < -0.3 is 16.0 Å². The van der Waals surface area contributed by atoms with E-state index in [0.717, 1.165) is 32.7 Å². The van der Waals surface area contributed by atoms with Crippen LogP contribution in [0.5, 0.6) is 0 Å². The molecular weight excluding hydrogens is 366 g/mol. The van der Waals surface area contributed by atoms with Gasteiger partial charge >= 0.3 is 0 Å². The molecule has 0 saturated carbocycles. The van der Waals surface area contributed by atoms with E-state index in [9.17, 15) is 0 Å². The van der Waals surface area contributed by atoms with Gasteiger partial charge in [-0.25, -0.2) is 0 Å². The van der Waals surface area contributed by atoms with Crippen LogP contribution in [0.1, 0.15) is 31.2 Å². The van der Waals surface area contributed by atoms with E-state index in [-0.39, 0.29) is 12.4 Å². The van der Waals surface area contributed by atoms with Crippen molar-refractivity contribution in [2.24, 2.45) is 0 Å². The summed E-state index contributed by atoms with van der Waals surface area (Å²) in [5, 5.41) is 15.8. The quantitative estimate of drug-likeness (QED) is 0.300. The Balaban J connectivity index is 0.00000280. The monoisotopic (exact) mass is 399 g/mol. The first-order chi connectivity index (χ1) is 13.4. The highest BCUT2D eigenvalue weighted by Gasteiger charge is 2.06. The van der Waals surface area contributed by atoms with Crippen molar-refractivity contribution in [3.63, 3.8) is 0 Å². The third kappa shape index (κ3) is 6.46. The molecule has 0 fully saturated rings. The van der Waals surface area contributed by atoms with Crippen LogP contribution in [-0.4, -0.2) is 33.2 Å². The highest BCUT2D eigenvalue weighted by molar-refractivity contribution is 6.02. The maximum Gasteiger partial charge on any atom is 0.0217 e. The van der Waals surface area contributed by atoms with Crippen LogP contribution in [0.15, 0.2) is 54.6 Å². The standard InChI is InChI=1S/C24H33N3.ClH/c1-25-14-6-7-15-26-16-8-9-17-27-19-24-22-12-4-2-10-20(22)18-21-11-3-5-13-23(21)24;/h2-5,10-13,18,25-27H,6-9,14-17,19H2,1H3;1H. The average Bonchev–Trinajstić information content (AvgIpc) is 2.71. The molecule has 0 bridgehead atoms. The predicted octanol–water partition coefficient (Wildman–Crippen LogP) is 4.87. The molecule has 4 heteroatoms. The maximum atomic E-state index is 3.67. The molecule has 0 unspecified atom stereocenters. The summed E-state index contributed by atoms with van der Waals surface area (Å²) in [6.07, 6.45) is 4.96. The molecule has 0 radical (unpaired) electrons. The Hall–Kier alpha value is -1.65. The van der Waals surface area contributed by atoms with E-state index in [0.29, 0.717) is 0 Å². The van der Waals surface area contributed by atoms with Crippen LogP contribution < -0.4 is 16.0 Å². The second kappa shape index (κ2) is 12.7. The molecule has 0 aromatic heterocycles. The fourth-order valence-electron chi connectivity index (χ4n) is 3.69. The lowest BCUT2D eigenvalue weighted by Crippen LogP contribution is -2.20. The van der Waals surface area contributed by atoms with E-state index in [1.807, 2.05) is 7.05 Å². The molecule has 3 aromatic rings. The molecule has 0 amide bonds. The van der Waals surface area contributed by atoms with E-state index in [4.69, 9.17) is 0 Å². The van der Waals surface area contributed by atoms with Crippen molar-refractivity contribution in [3.05, 3.63) is 60.2 Å². The molecule has 0 atom stereocenters. The highest BCUT2D eigenvalue weighted by atomic mass is 35.5. The number of nitrogens with one attached hydrogen (secondary N) is 3. The molecular formula is C24H34ClN3. The van der Waals surface area contributed by atoms with Crippen molar-refractivity contribution in [3.8, 4) is 0 Å². The molecule has 152 valence electrons. The van der Waals surface area contributed by atoms with Crippen LogP contribution in [0.3, 0.4) is 0 Å². The summed E-state index contributed by atoms with van der Waals surface area (Å²) in [5.74, 6) is 0. The van der Waals surface area contributed by atoms with Gasteiger partial charge in [-0.15, -0.1) is 12.4 Å². The Bertz CT molecular complexity index is 780. The molecule has 0 spiro atoms. The van der Waals surface area contributed by atoms with Crippen LogP contribution in [0.4, 0.5) is 0 Å². The molecule has 3 rings (SSSR count). The highest BCUT2D eigenvalue weighted by Crippen LogP contribution is 2.28. The topological polar surface area (TPSA) is 36.1 Å². The van der Waals surface area contributed by atoms with Crippen molar-refractivity contribution in [1.82, 2.24) is 16.0 Å². The van der Waals surface area contributed by atoms with Crippen LogP contribution >= 0.6 is 12.4 Å². The number of fused-ring (bicyclic) bond motifs is 2. The zero-order valence-corrected chi connectivity index (χ0v) is 17.8. The third-order valence-corrected chi connectivity index (χ3v) is 5.17. The molecule has 28 heavy (non-hydrogen) atoms. The van der Waals surface area contributed by atoms with Crippen molar-refractivity contribution in [2.75, 3.05) is 33.2 Å². The normalized spacial score (nSPS) is 11.0. The summed E-state index contributed by atoms with van der Waals surface area (Å²) >= 11 is 0. The van der Waals surface area contributed by atoms with Gasteiger partial charge in [-0.1, -0.05) is 48.5 Å². The van der Waals surface area contributed by atoms with Gasteiger partial charge in [-0.05, 0) is 92.1 Å². The molecule has 0 saturated heterocycles. The van der Waals surface area contributed by atoms with Gasteiger partial charge in [0.1, 0.15) is 0 Å². The molecule has 0 heterocycles. The van der Waals surface area contributed by atoms with Gasteiger partial charge in [-0.2, -0.15) is 0 Å². The summed E-state index contributed by atoms with van der Waals surface area (Å²) in [6, 6.07) is 19.8. The zero-order valence-electron chi connectivity index (χ0n) is 17.0. The third-order valence-electron chi connectivity index (χ3n) is 5.17. The molecule has 3 nitrogen and oxygen atoms in total. The first kappa shape index (κ1) is 22.6. The smallest absolute Gasteiger partial charge is 0.0217 e. The fraction of sp³-hybridized carbons (Fsp3) is 0.417. The second-order valence-corrected chi connectivity index (χ2v) is 7.24. The van der Waals surface area contributed by atoms with Crippen molar-refractivity contribution in [1.29, 1.82) is 0 Å². The molecule has 0 aliphatic heterocycles. The van der Waals surface area contributed by atoms with Crippen molar-refractivity contribution >= 4 is 34.0 Å². The van der Waals surface area contributed by atoms with Crippen LogP contribution in [0.25, 0.3) is 21.5 Å². The Kier molecular flexibility index (Phi) is 10.3. The summed E-state index contributed by atoms with van der Waals surface area (Å²) in [7, 11) is 2.02. The fourth-order valence-corrected chi connectivity index (χ4v) is 3.69. The summed E-state index contributed by atoms with van der Waals surface area (Å²) in [6.45, 7) is 5.38. The summed E-state index contributed by atoms with van der Waals surface area (Å²) in [5.41, 5.74) is 1.42. The maximum absolute atomic E-state index is 3.67. The second-order valence-electron chi connectivity index (χ2n) is 7.24. The van der Waals surface area contributed by atoms with Crippen LogP contribution in [0, 0.1) is 0 Å². The number of rotatable bonds is 12. The van der Waals surface area contributed by atoms with Gasteiger partial charge in [-0.3, -0.25) is 0 Å². The van der Waals surface area contributed by atoms with Gasteiger partial charge in [0.05, 0.1) is 0 Å². The number of hydrogen-bond donors (Lipinski definition) is 3. The zero-order chi connectivity index (χ0) is 18.7. The van der Waals surface area contributed by atoms with E-state index < -0.39 is 0 Å². The molecule has 0 aliphatic rings. The van der Waals surface area contributed by atoms with E-state index in [2.05, 4.69) is 70.5 Å². The summed E-state index contributed by atoms with van der Waals surface area (Å²) in [4.78, 5) is 0. The van der Waals surface area contributed by atoms with Gasteiger partial charge in [0, 0.05) is 6.54 Å². The van der Waals surface area contributed by atoms with E-state index in [1.165, 1.54) is 52.8 Å². The lowest BCUT2D eigenvalue weighted by Gasteiger charge is -2.13. The van der Waals surface area contributed by atoms with Crippen LogP contribution in [-0.2, 0) is 6.54 Å². The Labute approximate surface area is 175 Å². The predicted molar refractivity (Wildman–Crippen MR) is 126 cm³/mol. The number of benzene rings is 3. The lowest BCUT2D eigenvalue weighted by molar-refractivity contribution is 0.562. The Morgan fingerprint density at radius 1 is 0.643 bits per heavy atom. The first-order valence-corrected chi connectivity index (χ1v) is 10.4. The van der Waals surface area contributed by atoms with Gasteiger partial charge in [0.2, 0.25) is 0 Å². The first-order valence-electron chi connectivity index (χ1n) is 10.4. The van der Waals surface area contributed by atoms with Gasteiger partial charge in [0.25, 0.3) is 0 Å². The van der Waals surface area contributed by atoms with Crippen molar-refractivity contribution in [2.45, 2.75) is 32.2 Å².